The molecule has 0 bridgehead atoms. The number of thiazole rings is 1. The zero-order valence-corrected chi connectivity index (χ0v) is 9.39. The van der Waals surface area contributed by atoms with Crippen LogP contribution in [0.4, 0.5) is 5.13 Å². The number of nitrogens with two attached hydrogens (primary N) is 1. The molecule has 0 spiro atoms. The Kier molecular flexibility index (Phi) is 2.48. The first kappa shape index (κ1) is 9.56. The van der Waals surface area contributed by atoms with E-state index in [1.165, 1.54) is 23.3 Å². The van der Waals surface area contributed by atoms with Crippen molar-refractivity contribution in [3.8, 4) is 0 Å². The van der Waals surface area contributed by atoms with Crippen LogP contribution in [-0.2, 0) is 0 Å². The first-order valence-corrected chi connectivity index (χ1v) is 5.91. The van der Waals surface area contributed by atoms with Crippen LogP contribution in [0.5, 0.6) is 0 Å². The second-order valence-corrected chi connectivity index (χ2v) is 4.19. The number of nitrogens with zero attached hydrogens (tertiary/aromatic N) is 4. The molecule has 0 unspecified atom stereocenters. The molecule has 1 aromatic heterocycles. The van der Waals surface area contributed by atoms with Crippen molar-refractivity contribution in [3.63, 3.8) is 0 Å². The molecule has 0 saturated carbocycles. The number of nitrogen functional groups attached to an aromatic ring is 1. The fraction of sp³-hybridized carbons (Fsp3) is 0.333. The monoisotopic (exact) mass is 230 g/mol. The van der Waals surface area contributed by atoms with Crippen molar-refractivity contribution < 1.29 is 0 Å². The third-order valence-corrected chi connectivity index (χ3v) is 3.09. The number of nitrogens with one attached hydrogen (secondary N) is 1. The van der Waals surface area contributed by atoms with Gasteiger partial charge in [-0.05, 0) is 11.9 Å². The minimum Gasteiger partial charge on any atom is -0.375 e. The van der Waals surface area contributed by atoms with Gasteiger partial charge in [-0.15, -0.1) is 16.4 Å². The maximum atomic E-state index is 5.55. The maximum Gasteiger partial charge on any atom is 0.193 e. The summed E-state index contributed by atoms with van der Waals surface area (Å²) in [7, 11) is 1.91. The Morgan fingerprint density at radius 1 is 1.64 bits per heavy atom. The van der Waals surface area contributed by atoms with Gasteiger partial charge in [-0.2, -0.15) is 0 Å². The Bertz CT molecular complexity index is 361. The lowest BCUT2D eigenvalue weighted by Gasteiger charge is -2.21. The highest BCUT2D eigenvalue weighted by Gasteiger charge is 2.24. The highest BCUT2D eigenvalue weighted by molar-refractivity contribution is 7.96. The Morgan fingerprint density at radius 3 is 2.93 bits per heavy atom. The van der Waals surface area contributed by atoms with Gasteiger partial charge < -0.3 is 5.73 Å². The smallest absolute Gasteiger partial charge is 0.193 e. The molecule has 1 aromatic rings. The molecule has 0 saturated heterocycles. The average Bonchev–Trinajstić information content (AvgIpc) is 2.72. The second-order valence-electron chi connectivity index (χ2n) is 2.59. The average molecular weight is 230 g/mol. The van der Waals surface area contributed by atoms with E-state index in [1.54, 1.807) is 4.52 Å². The molecule has 3 N–H and O–H groups in total. The highest BCUT2D eigenvalue weighted by Crippen LogP contribution is 2.18. The summed E-state index contributed by atoms with van der Waals surface area (Å²) < 4.78 is 1.80. The van der Waals surface area contributed by atoms with Crippen LogP contribution in [0.15, 0.2) is 10.5 Å². The van der Waals surface area contributed by atoms with Crippen molar-refractivity contribution >= 4 is 34.3 Å². The molecule has 0 radical (unpaired) electrons. The van der Waals surface area contributed by atoms with E-state index in [4.69, 9.17) is 5.73 Å². The standard InChI is InChI=1S/C6H10N6S2/c1-11-5(9-10-12(11)13-2)4-3-14-6(7)8-4/h3,10H,1-2H3,(H2,7,8). The van der Waals surface area contributed by atoms with Crippen LogP contribution in [0.25, 0.3) is 0 Å². The zero-order valence-electron chi connectivity index (χ0n) is 7.76. The topological polar surface area (TPSA) is 69.8 Å². The number of rotatable bonds is 2. The summed E-state index contributed by atoms with van der Waals surface area (Å²) in [5.74, 6) is 0.771. The van der Waals surface area contributed by atoms with Crippen LogP contribution in [0.1, 0.15) is 5.69 Å². The van der Waals surface area contributed by atoms with Crippen LogP contribution in [0.3, 0.4) is 0 Å². The van der Waals surface area contributed by atoms with Crippen LogP contribution >= 0.6 is 23.3 Å². The number of hydrogen-bond donors (Lipinski definition) is 2. The lowest BCUT2D eigenvalue weighted by molar-refractivity contribution is 0.174. The summed E-state index contributed by atoms with van der Waals surface area (Å²) in [6, 6.07) is 0. The van der Waals surface area contributed by atoms with Crippen LogP contribution in [-0.4, -0.2) is 33.7 Å². The number of hydrazine groups is 2. The molecular formula is C6H10N6S2. The number of hydrogen-bond acceptors (Lipinski definition) is 8. The van der Waals surface area contributed by atoms with Gasteiger partial charge in [0, 0.05) is 18.7 Å². The molecule has 0 amide bonds. The van der Waals surface area contributed by atoms with Gasteiger partial charge in [0.05, 0.1) is 0 Å². The summed E-state index contributed by atoms with van der Waals surface area (Å²) in [6.07, 6.45) is 1.96. The molecule has 76 valence electrons. The van der Waals surface area contributed by atoms with E-state index in [0.29, 0.717) is 5.13 Å². The molecular weight excluding hydrogens is 220 g/mol. The maximum absolute atomic E-state index is 5.55. The van der Waals surface area contributed by atoms with Gasteiger partial charge in [0.1, 0.15) is 5.69 Å². The number of amidine groups is 1. The van der Waals surface area contributed by atoms with E-state index < -0.39 is 0 Å². The lowest BCUT2D eigenvalue weighted by atomic mass is 10.4. The fourth-order valence-electron chi connectivity index (χ4n) is 1.09. The predicted molar refractivity (Wildman–Crippen MR) is 59.3 cm³/mol. The van der Waals surface area contributed by atoms with Gasteiger partial charge in [0.25, 0.3) is 0 Å². The zero-order chi connectivity index (χ0) is 10.1. The SMILES string of the molecule is CSN1NN=C(c2csc(N)n2)N1C. The molecule has 1 aliphatic heterocycles. The van der Waals surface area contributed by atoms with Crippen molar-refractivity contribution in [2.75, 3.05) is 19.0 Å². The van der Waals surface area contributed by atoms with Crippen molar-refractivity contribution in [1.82, 2.24) is 20.1 Å². The van der Waals surface area contributed by atoms with E-state index >= 15 is 0 Å². The summed E-state index contributed by atoms with van der Waals surface area (Å²) in [6.45, 7) is 0. The quantitative estimate of drug-likeness (QED) is 0.714. The van der Waals surface area contributed by atoms with Crippen LogP contribution < -0.4 is 11.3 Å². The Labute approximate surface area is 89.9 Å². The van der Waals surface area contributed by atoms with Gasteiger partial charge in [-0.1, -0.05) is 4.52 Å². The fourth-order valence-corrected chi connectivity index (χ4v) is 2.08. The number of anilines is 1. The third kappa shape index (κ3) is 1.51. The van der Waals surface area contributed by atoms with Crippen molar-refractivity contribution in [1.29, 1.82) is 0 Å². The molecule has 0 aliphatic carbocycles. The summed E-state index contributed by atoms with van der Waals surface area (Å²) in [5, 5.41) is 8.45. The van der Waals surface area contributed by atoms with Gasteiger partial charge in [-0.3, -0.25) is 5.01 Å². The lowest BCUT2D eigenvalue weighted by Crippen LogP contribution is -2.37. The first-order valence-electron chi connectivity index (χ1n) is 3.85. The first-order chi connectivity index (χ1) is 6.72. The van der Waals surface area contributed by atoms with E-state index in [1.807, 2.05) is 23.7 Å². The van der Waals surface area contributed by atoms with Gasteiger partial charge >= 0.3 is 0 Å². The summed E-state index contributed by atoms with van der Waals surface area (Å²) in [4.78, 5) is 4.16. The normalized spacial score (nSPS) is 17.0. The summed E-state index contributed by atoms with van der Waals surface area (Å²) >= 11 is 2.93. The van der Waals surface area contributed by atoms with Crippen molar-refractivity contribution in [2.45, 2.75) is 0 Å². The van der Waals surface area contributed by atoms with Gasteiger partial charge in [-0.25, -0.2) is 10.5 Å². The minimum atomic E-state index is 0.554. The Morgan fingerprint density at radius 2 is 2.43 bits per heavy atom. The molecule has 0 atom stereocenters. The van der Waals surface area contributed by atoms with Crippen LogP contribution in [0.2, 0.25) is 0 Å². The Hall–Kier alpha value is -0.990. The highest BCUT2D eigenvalue weighted by atomic mass is 32.2. The van der Waals surface area contributed by atoms with Crippen molar-refractivity contribution in [3.05, 3.63) is 11.1 Å². The number of aromatic nitrogens is 1. The van der Waals surface area contributed by atoms with E-state index in [-0.39, 0.29) is 0 Å². The molecule has 2 rings (SSSR count). The predicted octanol–water partition coefficient (Wildman–Crippen LogP) is 0.332. The minimum absolute atomic E-state index is 0.554. The van der Waals surface area contributed by atoms with E-state index in [0.717, 1.165) is 11.5 Å². The molecule has 6 nitrogen and oxygen atoms in total. The molecule has 0 aromatic carbocycles. The van der Waals surface area contributed by atoms with Crippen LogP contribution in [0, 0.1) is 0 Å². The van der Waals surface area contributed by atoms with Crippen molar-refractivity contribution in [2.24, 2.45) is 5.10 Å². The van der Waals surface area contributed by atoms with E-state index in [9.17, 15) is 0 Å². The second kappa shape index (κ2) is 3.64. The van der Waals surface area contributed by atoms with E-state index in [2.05, 4.69) is 15.6 Å². The molecule has 0 fully saturated rings. The third-order valence-electron chi connectivity index (χ3n) is 1.74. The number of hydrazone groups is 1. The van der Waals surface area contributed by atoms with Gasteiger partial charge in [0.15, 0.2) is 11.0 Å². The summed E-state index contributed by atoms with van der Waals surface area (Å²) in [5.41, 5.74) is 9.19. The Balaban J connectivity index is 2.21. The largest absolute Gasteiger partial charge is 0.375 e. The molecule has 14 heavy (non-hydrogen) atoms. The van der Waals surface area contributed by atoms with Gasteiger partial charge in [0.2, 0.25) is 0 Å². The molecule has 2 heterocycles. The molecule has 1 aliphatic rings. The molecule has 8 heteroatoms.